The van der Waals surface area contributed by atoms with E-state index in [-0.39, 0.29) is 23.1 Å². The highest BCUT2D eigenvalue weighted by Crippen LogP contribution is 2.48. The Balaban J connectivity index is 2.17. The smallest absolute Gasteiger partial charge is 0.347 e. The van der Waals surface area contributed by atoms with Crippen LogP contribution in [0.5, 0.6) is 17.2 Å². The topological polar surface area (TPSA) is 107 Å². The second kappa shape index (κ2) is 9.43. The van der Waals surface area contributed by atoms with E-state index in [0.29, 0.717) is 42.4 Å². The van der Waals surface area contributed by atoms with Gasteiger partial charge in [0.05, 0.1) is 26.5 Å². The van der Waals surface area contributed by atoms with Gasteiger partial charge < -0.3 is 29.0 Å². The molecular weight excluding hydrogens is 402 g/mol. The van der Waals surface area contributed by atoms with E-state index in [4.69, 9.17) is 18.9 Å². The van der Waals surface area contributed by atoms with Gasteiger partial charge in [-0.15, -0.1) is 0 Å². The van der Waals surface area contributed by atoms with Gasteiger partial charge in [0.15, 0.2) is 17.1 Å². The van der Waals surface area contributed by atoms with Gasteiger partial charge in [-0.2, -0.15) is 0 Å². The van der Waals surface area contributed by atoms with Crippen molar-refractivity contribution in [3.63, 3.8) is 0 Å². The minimum atomic E-state index is -0.868. The monoisotopic (exact) mass is 431 g/mol. The Labute approximate surface area is 181 Å². The molecule has 0 saturated heterocycles. The standard InChI is InChI=1S/C23H29NO7/c1-12(2)14-9-13-10-17(31-8-6-7-28-3)16(29-4)11-15(13)20-18(14)21(25)19(22(26)24-20)23(27)30-5/h10-12,14H,6-9H2,1-5H3,(H2,24,25,26). The molecule has 0 aliphatic heterocycles. The molecule has 168 valence electrons. The Morgan fingerprint density at radius 2 is 1.94 bits per heavy atom. The number of carbonyl (C=O) groups is 1. The van der Waals surface area contributed by atoms with Gasteiger partial charge in [-0.25, -0.2) is 4.79 Å². The SMILES string of the molecule is COCCCOc1cc2c(cc1OC)-c1[nH]c(=O)c(C(=O)OC)c(O)c1C(C(C)C)C2. The number of esters is 1. The van der Waals surface area contributed by atoms with Crippen LogP contribution in [0, 0.1) is 5.92 Å². The zero-order chi connectivity index (χ0) is 22.7. The number of hydrogen-bond acceptors (Lipinski definition) is 7. The molecular formula is C23H29NO7. The van der Waals surface area contributed by atoms with E-state index in [9.17, 15) is 14.7 Å². The number of nitrogens with one attached hydrogen (secondary N) is 1. The second-order valence-electron chi connectivity index (χ2n) is 7.87. The Kier molecular flexibility index (Phi) is 6.90. The normalized spacial score (nSPS) is 14.7. The van der Waals surface area contributed by atoms with Crippen LogP contribution in [-0.2, 0) is 15.9 Å². The van der Waals surface area contributed by atoms with Crippen LogP contribution in [0.15, 0.2) is 16.9 Å². The van der Waals surface area contributed by atoms with E-state index in [2.05, 4.69) is 4.98 Å². The number of hydrogen-bond donors (Lipinski definition) is 2. The number of ether oxygens (including phenoxy) is 4. The van der Waals surface area contributed by atoms with Crippen molar-refractivity contribution in [1.82, 2.24) is 4.98 Å². The lowest BCUT2D eigenvalue weighted by Gasteiger charge is -2.31. The number of carbonyl (C=O) groups excluding carboxylic acids is 1. The Bertz CT molecular complexity index is 1030. The van der Waals surface area contributed by atoms with Crippen molar-refractivity contribution in [2.24, 2.45) is 5.92 Å². The summed E-state index contributed by atoms with van der Waals surface area (Å²) in [6, 6.07) is 3.71. The van der Waals surface area contributed by atoms with Crippen molar-refractivity contribution in [3.8, 4) is 28.5 Å². The van der Waals surface area contributed by atoms with Crippen molar-refractivity contribution in [2.45, 2.75) is 32.6 Å². The molecule has 31 heavy (non-hydrogen) atoms. The highest BCUT2D eigenvalue weighted by Gasteiger charge is 2.35. The van der Waals surface area contributed by atoms with E-state index in [1.54, 1.807) is 20.3 Å². The maximum atomic E-state index is 12.6. The summed E-state index contributed by atoms with van der Waals surface area (Å²) in [4.78, 5) is 27.5. The Hall–Kier alpha value is -3.00. The van der Waals surface area contributed by atoms with Crippen molar-refractivity contribution in [1.29, 1.82) is 0 Å². The molecule has 8 heteroatoms. The maximum absolute atomic E-state index is 12.6. The summed E-state index contributed by atoms with van der Waals surface area (Å²) in [6.45, 7) is 5.15. The molecule has 3 rings (SSSR count). The molecule has 1 aromatic heterocycles. The first-order chi connectivity index (χ1) is 14.8. The number of pyridine rings is 1. The molecule has 0 radical (unpaired) electrons. The summed E-state index contributed by atoms with van der Waals surface area (Å²) < 4.78 is 21.2. The largest absolute Gasteiger partial charge is 0.506 e. The molecule has 0 spiro atoms. The minimum absolute atomic E-state index is 0.113. The molecule has 0 saturated carbocycles. The van der Waals surface area contributed by atoms with E-state index in [1.165, 1.54) is 7.11 Å². The maximum Gasteiger partial charge on any atom is 0.347 e. The molecule has 1 atom stereocenters. The second-order valence-corrected chi connectivity index (χ2v) is 7.87. The van der Waals surface area contributed by atoms with E-state index >= 15 is 0 Å². The van der Waals surface area contributed by atoms with Crippen LogP contribution in [-0.4, -0.2) is 50.6 Å². The molecule has 1 unspecified atom stereocenters. The summed E-state index contributed by atoms with van der Waals surface area (Å²) in [7, 11) is 4.37. The molecule has 1 aromatic carbocycles. The number of aromatic amines is 1. The van der Waals surface area contributed by atoms with Gasteiger partial charge in [-0.05, 0) is 36.0 Å². The first-order valence-corrected chi connectivity index (χ1v) is 10.2. The van der Waals surface area contributed by atoms with Gasteiger partial charge in [0, 0.05) is 31.3 Å². The van der Waals surface area contributed by atoms with Gasteiger partial charge in [-0.3, -0.25) is 4.79 Å². The number of fused-ring (bicyclic) bond motifs is 3. The van der Waals surface area contributed by atoms with Gasteiger partial charge in [0.25, 0.3) is 5.56 Å². The fourth-order valence-corrected chi connectivity index (χ4v) is 4.04. The number of methoxy groups -OCH3 is 3. The van der Waals surface area contributed by atoms with Gasteiger partial charge in [0.1, 0.15) is 5.75 Å². The quantitative estimate of drug-likeness (QED) is 0.488. The number of aromatic hydroxyl groups is 1. The third kappa shape index (κ3) is 4.25. The van der Waals surface area contributed by atoms with Gasteiger partial charge in [-0.1, -0.05) is 13.8 Å². The van der Waals surface area contributed by atoms with Crippen molar-refractivity contribution in [2.75, 3.05) is 34.5 Å². The predicted octanol–water partition coefficient (Wildman–Crippen LogP) is 3.25. The van der Waals surface area contributed by atoms with Crippen LogP contribution in [0.25, 0.3) is 11.3 Å². The number of H-pyrrole nitrogens is 1. The summed E-state index contributed by atoms with van der Waals surface area (Å²) in [5, 5.41) is 10.9. The number of aromatic nitrogens is 1. The van der Waals surface area contributed by atoms with E-state index < -0.39 is 11.5 Å². The molecule has 1 aliphatic carbocycles. The van der Waals surface area contributed by atoms with Crippen LogP contribution in [0.4, 0.5) is 0 Å². The van der Waals surface area contributed by atoms with Crippen LogP contribution in [0.1, 0.15) is 47.7 Å². The van der Waals surface area contributed by atoms with Gasteiger partial charge in [0.2, 0.25) is 0 Å². The predicted molar refractivity (Wildman–Crippen MR) is 115 cm³/mol. The third-order valence-corrected chi connectivity index (χ3v) is 5.64. The van der Waals surface area contributed by atoms with Crippen molar-refractivity contribution >= 4 is 5.97 Å². The summed E-state index contributed by atoms with van der Waals surface area (Å²) in [5.74, 6) is -0.0375. The first kappa shape index (κ1) is 22.7. The molecule has 0 fully saturated rings. The summed E-state index contributed by atoms with van der Waals surface area (Å²) in [5.41, 5.74) is 1.65. The first-order valence-electron chi connectivity index (χ1n) is 10.2. The molecule has 2 aromatic rings. The summed E-state index contributed by atoms with van der Waals surface area (Å²) in [6.07, 6.45) is 1.35. The number of benzene rings is 1. The molecule has 1 aliphatic rings. The Morgan fingerprint density at radius 1 is 1.19 bits per heavy atom. The third-order valence-electron chi connectivity index (χ3n) is 5.64. The molecule has 1 heterocycles. The average molecular weight is 431 g/mol. The van der Waals surface area contributed by atoms with Crippen molar-refractivity contribution < 1.29 is 28.8 Å². The van der Waals surface area contributed by atoms with Crippen LogP contribution < -0.4 is 15.0 Å². The van der Waals surface area contributed by atoms with Crippen LogP contribution in [0.3, 0.4) is 0 Å². The van der Waals surface area contributed by atoms with Crippen LogP contribution in [0.2, 0.25) is 0 Å². The lowest BCUT2D eigenvalue weighted by atomic mass is 9.75. The van der Waals surface area contributed by atoms with E-state index in [0.717, 1.165) is 17.5 Å². The molecule has 0 amide bonds. The Morgan fingerprint density at radius 3 is 2.55 bits per heavy atom. The van der Waals surface area contributed by atoms with Crippen LogP contribution >= 0.6 is 0 Å². The zero-order valence-electron chi connectivity index (χ0n) is 18.5. The lowest BCUT2D eigenvalue weighted by Crippen LogP contribution is -2.26. The lowest BCUT2D eigenvalue weighted by molar-refractivity contribution is 0.0595. The average Bonchev–Trinajstić information content (AvgIpc) is 2.75. The fourth-order valence-electron chi connectivity index (χ4n) is 4.04. The molecule has 2 N–H and O–H groups in total. The van der Waals surface area contributed by atoms with E-state index in [1.807, 2.05) is 19.9 Å². The highest BCUT2D eigenvalue weighted by molar-refractivity contribution is 5.94. The summed E-state index contributed by atoms with van der Waals surface area (Å²) >= 11 is 0. The molecule has 0 bridgehead atoms. The minimum Gasteiger partial charge on any atom is -0.506 e. The molecule has 8 nitrogen and oxygen atoms in total. The highest BCUT2D eigenvalue weighted by atomic mass is 16.5. The van der Waals surface area contributed by atoms with Gasteiger partial charge >= 0.3 is 5.97 Å². The fraction of sp³-hybridized carbons (Fsp3) is 0.478. The zero-order valence-corrected chi connectivity index (χ0v) is 18.5. The van der Waals surface area contributed by atoms with Crippen molar-refractivity contribution in [3.05, 3.63) is 39.2 Å². The number of rotatable bonds is 8.